The van der Waals surface area contributed by atoms with Crippen LogP contribution in [-0.2, 0) is 6.42 Å². The number of hydrogen-bond acceptors (Lipinski definition) is 3. The Kier molecular flexibility index (Phi) is 10.3. The van der Waals surface area contributed by atoms with Crippen LogP contribution in [0.1, 0.15) is 39.7 Å². The molecule has 1 atom stereocenters. The number of allylic oxidation sites excluding steroid dienone is 4. The molecular weight excluding hydrogens is 396 g/mol. The van der Waals surface area contributed by atoms with Gasteiger partial charge in [0.2, 0.25) is 0 Å². The summed E-state index contributed by atoms with van der Waals surface area (Å²) < 4.78 is 0. The van der Waals surface area contributed by atoms with Gasteiger partial charge in [-0.2, -0.15) is 12.6 Å². The Labute approximate surface area is 194 Å². The summed E-state index contributed by atoms with van der Waals surface area (Å²) in [5.41, 5.74) is 7.13. The van der Waals surface area contributed by atoms with E-state index in [0.717, 1.165) is 30.0 Å². The quantitative estimate of drug-likeness (QED) is 0.281. The number of nitrogens with one attached hydrogen (secondary N) is 1. The molecule has 0 aliphatic rings. The maximum Gasteiger partial charge on any atom is 0.0543 e. The van der Waals surface area contributed by atoms with Crippen LogP contribution in [0.25, 0.3) is 0 Å². The fourth-order valence-corrected chi connectivity index (χ4v) is 3.75. The second kappa shape index (κ2) is 12.9. The molecule has 0 aliphatic carbocycles. The molecule has 2 rings (SSSR count). The molecule has 0 heterocycles. The zero-order valence-electron chi connectivity index (χ0n) is 19.3. The Bertz CT molecular complexity index is 925. The molecule has 0 amide bonds. The molecule has 1 N–H and O–H groups in total. The van der Waals surface area contributed by atoms with E-state index in [4.69, 9.17) is 0 Å². The van der Waals surface area contributed by atoms with Gasteiger partial charge in [0.05, 0.1) is 6.04 Å². The molecule has 0 saturated carbocycles. The van der Waals surface area contributed by atoms with Crippen LogP contribution in [-0.4, -0.2) is 11.8 Å². The Morgan fingerprint density at radius 2 is 1.81 bits per heavy atom. The number of nitrogens with zero attached hydrogens (tertiary/aromatic N) is 1. The highest BCUT2D eigenvalue weighted by Crippen LogP contribution is 2.33. The number of para-hydroxylation sites is 2. The molecule has 0 spiro atoms. The molecule has 0 radical (unpaired) electrons. The Hall–Kier alpha value is -2.65. The molecule has 0 fully saturated rings. The molecule has 2 nitrogen and oxygen atoms in total. The predicted octanol–water partition coefficient (Wildman–Crippen LogP) is 7.61. The van der Waals surface area contributed by atoms with Crippen molar-refractivity contribution in [1.82, 2.24) is 5.32 Å². The van der Waals surface area contributed by atoms with E-state index in [1.807, 2.05) is 13.0 Å². The zero-order valence-corrected chi connectivity index (χ0v) is 20.2. The molecule has 0 aliphatic heterocycles. The van der Waals surface area contributed by atoms with E-state index >= 15 is 0 Å². The third-order valence-electron chi connectivity index (χ3n) is 5.43. The minimum absolute atomic E-state index is 0.143. The summed E-state index contributed by atoms with van der Waals surface area (Å²) in [6.07, 6.45) is 10.1. The molecule has 2 aromatic rings. The molecule has 164 valence electrons. The summed E-state index contributed by atoms with van der Waals surface area (Å²) in [7, 11) is 0. The van der Waals surface area contributed by atoms with Gasteiger partial charge in [-0.3, -0.25) is 0 Å². The molecule has 0 unspecified atom stereocenters. The van der Waals surface area contributed by atoms with E-state index in [2.05, 4.69) is 123 Å². The highest BCUT2D eigenvalue weighted by molar-refractivity contribution is 7.80. The predicted molar refractivity (Wildman–Crippen MR) is 141 cm³/mol. The van der Waals surface area contributed by atoms with Crippen molar-refractivity contribution in [3.63, 3.8) is 0 Å². The Morgan fingerprint density at radius 1 is 1.13 bits per heavy atom. The number of anilines is 2. The van der Waals surface area contributed by atoms with Crippen molar-refractivity contribution >= 4 is 24.0 Å². The first-order valence-corrected chi connectivity index (χ1v) is 11.7. The Balaban J connectivity index is 2.57. The van der Waals surface area contributed by atoms with E-state index < -0.39 is 0 Å². The summed E-state index contributed by atoms with van der Waals surface area (Å²) in [4.78, 5) is 2.43. The smallest absolute Gasteiger partial charge is 0.0543 e. The largest absolute Gasteiger partial charge is 0.356 e. The maximum absolute atomic E-state index is 4.33. The van der Waals surface area contributed by atoms with Crippen LogP contribution in [0.3, 0.4) is 0 Å². The normalized spacial score (nSPS) is 13.6. The van der Waals surface area contributed by atoms with Crippen molar-refractivity contribution in [1.29, 1.82) is 0 Å². The van der Waals surface area contributed by atoms with Crippen molar-refractivity contribution in [2.24, 2.45) is 0 Å². The first-order valence-electron chi connectivity index (χ1n) is 11.0. The number of aryl methyl sites for hydroxylation is 1. The molecule has 31 heavy (non-hydrogen) atoms. The number of hydrogen-bond donors (Lipinski definition) is 2. The molecule has 0 bridgehead atoms. The Morgan fingerprint density at radius 3 is 2.42 bits per heavy atom. The average Bonchev–Trinajstić information content (AvgIpc) is 2.81. The van der Waals surface area contributed by atoms with Gasteiger partial charge in [-0.25, -0.2) is 0 Å². The van der Waals surface area contributed by atoms with Crippen LogP contribution in [0.4, 0.5) is 11.4 Å². The standard InChI is InChI=1S/C28H36N2S/c1-6-15-27(29-25(8-3)17-14-21-31)22(4)23(5)30(26-18-10-9-11-19-26)28-20-13-12-16-24(28)7-2/h6,8-13,15-20,23,29,31H,3,7,14,21H2,1-2,4-5H3/b15-6-,25-17+,27-22+/t23-/m1/s1. The van der Waals surface area contributed by atoms with Crippen molar-refractivity contribution in [3.05, 3.63) is 108 Å². The molecule has 0 saturated heterocycles. The highest BCUT2D eigenvalue weighted by Gasteiger charge is 2.22. The minimum Gasteiger partial charge on any atom is -0.356 e. The average molecular weight is 433 g/mol. The summed E-state index contributed by atoms with van der Waals surface area (Å²) in [5, 5.41) is 3.58. The molecule has 0 aromatic heterocycles. The topological polar surface area (TPSA) is 15.3 Å². The van der Waals surface area contributed by atoms with Crippen LogP contribution < -0.4 is 10.2 Å². The summed E-state index contributed by atoms with van der Waals surface area (Å²) in [6, 6.07) is 19.5. The van der Waals surface area contributed by atoms with Gasteiger partial charge in [0.25, 0.3) is 0 Å². The van der Waals surface area contributed by atoms with Gasteiger partial charge in [-0.05, 0) is 80.9 Å². The monoisotopic (exact) mass is 432 g/mol. The lowest BCUT2D eigenvalue weighted by Crippen LogP contribution is -2.32. The summed E-state index contributed by atoms with van der Waals surface area (Å²) >= 11 is 4.33. The van der Waals surface area contributed by atoms with Crippen LogP contribution in [0.5, 0.6) is 0 Å². The van der Waals surface area contributed by atoms with Crippen molar-refractivity contribution in [3.8, 4) is 0 Å². The zero-order chi connectivity index (χ0) is 22.6. The molecule has 2 aromatic carbocycles. The second-order valence-corrected chi connectivity index (χ2v) is 7.91. The summed E-state index contributed by atoms with van der Waals surface area (Å²) in [6.45, 7) is 12.7. The number of benzene rings is 2. The summed E-state index contributed by atoms with van der Waals surface area (Å²) in [5.74, 6) is 0.812. The van der Waals surface area contributed by atoms with Gasteiger partial charge in [0, 0.05) is 22.8 Å². The highest BCUT2D eigenvalue weighted by atomic mass is 32.1. The van der Waals surface area contributed by atoms with Gasteiger partial charge in [-0.1, -0.05) is 62.1 Å². The van der Waals surface area contributed by atoms with Crippen molar-refractivity contribution < 1.29 is 0 Å². The van der Waals surface area contributed by atoms with E-state index in [1.165, 1.54) is 22.5 Å². The van der Waals surface area contributed by atoms with Gasteiger partial charge in [-0.15, -0.1) is 0 Å². The fraction of sp³-hybridized carbons (Fsp3) is 0.286. The van der Waals surface area contributed by atoms with Gasteiger partial charge >= 0.3 is 0 Å². The third-order valence-corrected chi connectivity index (χ3v) is 5.69. The maximum atomic E-state index is 4.33. The SMILES string of the molecule is C=C/C(=C\CCS)NC(/C=C\C)=C(\C)[C@@H](C)N(c1ccccc1)c1ccccc1CC. The van der Waals surface area contributed by atoms with Gasteiger partial charge in [0.1, 0.15) is 0 Å². The fourth-order valence-electron chi connectivity index (χ4n) is 3.62. The second-order valence-electron chi connectivity index (χ2n) is 7.46. The first kappa shape index (κ1) is 24.6. The number of rotatable bonds is 11. The lowest BCUT2D eigenvalue weighted by atomic mass is 10.0. The van der Waals surface area contributed by atoms with Crippen LogP contribution >= 0.6 is 12.6 Å². The lowest BCUT2D eigenvalue weighted by molar-refractivity contribution is 0.786. The lowest BCUT2D eigenvalue weighted by Gasteiger charge is -2.34. The van der Waals surface area contributed by atoms with Crippen molar-refractivity contribution in [2.75, 3.05) is 10.7 Å². The first-order chi connectivity index (χ1) is 15.1. The molecular formula is C28H36N2S. The van der Waals surface area contributed by atoms with Gasteiger partial charge in [0.15, 0.2) is 0 Å². The van der Waals surface area contributed by atoms with E-state index in [1.54, 1.807) is 0 Å². The van der Waals surface area contributed by atoms with Crippen molar-refractivity contribution in [2.45, 2.75) is 46.6 Å². The van der Waals surface area contributed by atoms with Crippen LogP contribution in [0.2, 0.25) is 0 Å². The van der Waals surface area contributed by atoms with Crippen LogP contribution in [0, 0.1) is 0 Å². The third kappa shape index (κ3) is 6.67. The van der Waals surface area contributed by atoms with E-state index in [9.17, 15) is 0 Å². The van der Waals surface area contributed by atoms with Gasteiger partial charge < -0.3 is 10.2 Å². The molecule has 3 heteroatoms. The minimum atomic E-state index is 0.143. The van der Waals surface area contributed by atoms with E-state index in [-0.39, 0.29) is 6.04 Å². The van der Waals surface area contributed by atoms with Crippen LogP contribution in [0.15, 0.2) is 102 Å². The number of thiol groups is 1. The van der Waals surface area contributed by atoms with E-state index in [0.29, 0.717) is 0 Å².